The normalized spacial score (nSPS) is 12.4. The Morgan fingerprint density at radius 2 is 1.95 bits per heavy atom. The average Bonchev–Trinajstić information content (AvgIpc) is 2.75. The molecule has 4 heteroatoms. The zero-order chi connectivity index (χ0) is 15.4. The standard InChI is InChI=1S/C17H25N3S/c1-6-20-14(5)17(13(4)19-20)12(3)18-15-10-8-9-11-16(15)21-7-2/h8-12,18H,6-7H2,1-5H3. The number of anilines is 1. The quantitative estimate of drug-likeness (QED) is 0.777. The fraction of sp³-hybridized carbons (Fsp3) is 0.471. The second-order valence-electron chi connectivity index (χ2n) is 5.20. The smallest absolute Gasteiger partial charge is 0.0649 e. The summed E-state index contributed by atoms with van der Waals surface area (Å²) in [4.78, 5) is 1.31. The highest BCUT2D eigenvalue weighted by Crippen LogP contribution is 2.31. The number of hydrogen-bond acceptors (Lipinski definition) is 3. The molecule has 3 nitrogen and oxygen atoms in total. The highest BCUT2D eigenvalue weighted by molar-refractivity contribution is 7.99. The maximum absolute atomic E-state index is 4.62. The topological polar surface area (TPSA) is 29.9 Å². The number of nitrogens with zero attached hydrogens (tertiary/aromatic N) is 2. The summed E-state index contributed by atoms with van der Waals surface area (Å²) in [5.41, 5.74) is 4.90. The van der Waals surface area contributed by atoms with E-state index in [1.807, 2.05) is 11.8 Å². The summed E-state index contributed by atoms with van der Waals surface area (Å²) >= 11 is 1.87. The minimum atomic E-state index is 0.254. The molecule has 114 valence electrons. The molecule has 0 bridgehead atoms. The zero-order valence-corrected chi connectivity index (χ0v) is 14.4. The SMILES string of the molecule is CCSc1ccccc1NC(C)c1c(C)nn(CC)c1C. The summed E-state index contributed by atoms with van der Waals surface area (Å²) in [6, 6.07) is 8.77. The Hall–Kier alpha value is -1.42. The maximum atomic E-state index is 4.62. The van der Waals surface area contributed by atoms with Gasteiger partial charge in [0, 0.05) is 28.4 Å². The predicted octanol–water partition coefficient (Wildman–Crippen LogP) is 4.80. The van der Waals surface area contributed by atoms with E-state index in [4.69, 9.17) is 0 Å². The largest absolute Gasteiger partial charge is 0.377 e. The second-order valence-corrected chi connectivity index (χ2v) is 6.50. The molecule has 1 heterocycles. The Balaban J connectivity index is 2.26. The molecular formula is C17H25N3S. The van der Waals surface area contributed by atoms with Crippen molar-refractivity contribution in [2.45, 2.75) is 52.1 Å². The molecule has 0 aliphatic carbocycles. The molecule has 0 aliphatic rings. The van der Waals surface area contributed by atoms with E-state index in [1.54, 1.807) is 0 Å². The van der Waals surface area contributed by atoms with Gasteiger partial charge in [-0.25, -0.2) is 0 Å². The van der Waals surface area contributed by atoms with Gasteiger partial charge in [0.2, 0.25) is 0 Å². The van der Waals surface area contributed by atoms with Crippen molar-refractivity contribution in [2.75, 3.05) is 11.1 Å². The number of aromatic nitrogens is 2. The molecular weight excluding hydrogens is 278 g/mol. The summed E-state index contributed by atoms with van der Waals surface area (Å²) in [5, 5.41) is 8.28. The summed E-state index contributed by atoms with van der Waals surface area (Å²) < 4.78 is 2.08. The number of thioether (sulfide) groups is 1. The molecule has 0 spiro atoms. The zero-order valence-electron chi connectivity index (χ0n) is 13.6. The molecule has 1 N–H and O–H groups in total. The molecule has 0 aliphatic heterocycles. The van der Waals surface area contributed by atoms with Gasteiger partial charge in [0.05, 0.1) is 11.7 Å². The van der Waals surface area contributed by atoms with Gasteiger partial charge in [-0.3, -0.25) is 4.68 Å². The van der Waals surface area contributed by atoms with E-state index in [-0.39, 0.29) is 6.04 Å². The highest BCUT2D eigenvalue weighted by Gasteiger charge is 2.17. The van der Waals surface area contributed by atoms with Gasteiger partial charge >= 0.3 is 0 Å². The van der Waals surface area contributed by atoms with Gasteiger partial charge in [0.15, 0.2) is 0 Å². The summed E-state index contributed by atoms with van der Waals surface area (Å²) in [5.74, 6) is 1.08. The molecule has 1 unspecified atom stereocenters. The van der Waals surface area contributed by atoms with Crippen molar-refractivity contribution in [3.63, 3.8) is 0 Å². The van der Waals surface area contributed by atoms with Crippen LogP contribution in [0.25, 0.3) is 0 Å². The Labute approximate surface area is 132 Å². The Bertz CT molecular complexity index is 604. The lowest BCUT2D eigenvalue weighted by Gasteiger charge is -2.18. The van der Waals surface area contributed by atoms with Crippen LogP contribution in [0.4, 0.5) is 5.69 Å². The number of para-hydroxylation sites is 1. The van der Waals surface area contributed by atoms with E-state index in [9.17, 15) is 0 Å². The van der Waals surface area contributed by atoms with Crippen molar-refractivity contribution in [1.29, 1.82) is 0 Å². The molecule has 1 aromatic heterocycles. The first kappa shape index (κ1) is 16.0. The van der Waals surface area contributed by atoms with Crippen molar-refractivity contribution in [3.05, 3.63) is 41.2 Å². The van der Waals surface area contributed by atoms with E-state index in [2.05, 4.69) is 74.0 Å². The van der Waals surface area contributed by atoms with Gasteiger partial charge in [0.1, 0.15) is 0 Å². The summed E-state index contributed by atoms with van der Waals surface area (Å²) in [7, 11) is 0. The van der Waals surface area contributed by atoms with Gasteiger partial charge in [-0.15, -0.1) is 11.8 Å². The number of nitrogens with one attached hydrogen (secondary N) is 1. The third-order valence-corrected chi connectivity index (χ3v) is 4.68. The fourth-order valence-electron chi connectivity index (χ4n) is 2.82. The lowest BCUT2D eigenvalue weighted by atomic mass is 10.1. The first-order valence-electron chi connectivity index (χ1n) is 7.60. The fourth-order valence-corrected chi connectivity index (χ4v) is 3.59. The third kappa shape index (κ3) is 3.43. The highest BCUT2D eigenvalue weighted by atomic mass is 32.2. The van der Waals surface area contributed by atoms with Crippen molar-refractivity contribution >= 4 is 17.4 Å². The predicted molar refractivity (Wildman–Crippen MR) is 92.3 cm³/mol. The molecule has 1 aromatic carbocycles. The Morgan fingerprint density at radius 3 is 2.57 bits per heavy atom. The first-order valence-corrected chi connectivity index (χ1v) is 8.59. The van der Waals surface area contributed by atoms with Gasteiger partial charge in [-0.1, -0.05) is 19.1 Å². The van der Waals surface area contributed by atoms with Crippen LogP contribution in [0.15, 0.2) is 29.2 Å². The minimum Gasteiger partial charge on any atom is -0.377 e. The lowest BCUT2D eigenvalue weighted by Crippen LogP contribution is -2.10. The van der Waals surface area contributed by atoms with E-state index in [0.29, 0.717) is 0 Å². The third-order valence-electron chi connectivity index (χ3n) is 3.73. The van der Waals surface area contributed by atoms with Gasteiger partial charge in [-0.05, 0) is 45.6 Å². The van der Waals surface area contributed by atoms with Crippen molar-refractivity contribution in [1.82, 2.24) is 9.78 Å². The van der Waals surface area contributed by atoms with Crippen molar-refractivity contribution in [2.24, 2.45) is 0 Å². The van der Waals surface area contributed by atoms with E-state index in [1.165, 1.54) is 21.8 Å². The van der Waals surface area contributed by atoms with E-state index < -0.39 is 0 Å². The molecule has 2 rings (SSSR count). The molecule has 0 fully saturated rings. The van der Waals surface area contributed by atoms with E-state index in [0.717, 1.165) is 18.0 Å². The van der Waals surface area contributed by atoms with Gasteiger partial charge in [0.25, 0.3) is 0 Å². The van der Waals surface area contributed by atoms with Crippen LogP contribution >= 0.6 is 11.8 Å². The Morgan fingerprint density at radius 1 is 1.24 bits per heavy atom. The number of benzene rings is 1. The van der Waals surface area contributed by atoms with Crippen LogP contribution in [0, 0.1) is 13.8 Å². The number of hydrogen-bond donors (Lipinski definition) is 1. The van der Waals surface area contributed by atoms with Crippen LogP contribution in [0.1, 0.15) is 43.8 Å². The maximum Gasteiger partial charge on any atom is 0.0649 e. The van der Waals surface area contributed by atoms with Gasteiger partial charge < -0.3 is 5.32 Å². The van der Waals surface area contributed by atoms with Crippen LogP contribution < -0.4 is 5.32 Å². The summed E-state index contributed by atoms with van der Waals surface area (Å²) in [6.07, 6.45) is 0. The van der Waals surface area contributed by atoms with Crippen LogP contribution in [0.3, 0.4) is 0 Å². The molecule has 0 saturated carbocycles. The molecule has 21 heavy (non-hydrogen) atoms. The summed E-state index contributed by atoms with van der Waals surface area (Å²) in [6.45, 7) is 11.7. The molecule has 0 amide bonds. The molecule has 0 radical (unpaired) electrons. The average molecular weight is 303 g/mol. The molecule has 0 saturated heterocycles. The monoisotopic (exact) mass is 303 g/mol. The van der Waals surface area contributed by atoms with Crippen LogP contribution in [0.5, 0.6) is 0 Å². The first-order chi connectivity index (χ1) is 10.1. The van der Waals surface area contributed by atoms with E-state index >= 15 is 0 Å². The van der Waals surface area contributed by atoms with Crippen molar-refractivity contribution in [3.8, 4) is 0 Å². The minimum absolute atomic E-state index is 0.254. The van der Waals surface area contributed by atoms with Gasteiger partial charge in [-0.2, -0.15) is 5.10 Å². The van der Waals surface area contributed by atoms with Crippen molar-refractivity contribution < 1.29 is 0 Å². The Kier molecular flexibility index (Phi) is 5.34. The lowest BCUT2D eigenvalue weighted by molar-refractivity contribution is 0.632. The molecule has 2 aromatic rings. The van der Waals surface area contributed by atoms with Crippen LogP contribution in [0.2, 0.25) is 0 Å². The molecule has 1 atom stereocenters. The number of rotatable bonds is 6. The van der Waals surface area contributed by atoms with Crippen LogP contribution in [-0.2, 0) is 6.54 Å². The number of aryl methyl sites for hydroxylation is 2. The van der Waals surface area contributed by atoms with Crippen LogP contribution in [-0.4, -0.2) is 15.5 Å². The second kappa shape index (κ2) is 7.03.